The standard InChI is InChI=1S/C15H20ClN3/c1-10(2)12-7-5-6-8-13(12)17-9-14-15(16)11(3)18-19(14)4/h5-8,10,17H,9H2,1-4H3. The molecule has 0 amide bonds. The molecule has 0 unspecified atom stereocenters. The second-order valence-electron chi connectivity index (χ2n) is 5.07. The normalized spacial score (nSPS) is 11.1. The number of anilines is 1. The lowest BCUT2D eigenvalue weighted by Gasteiger charge is -2.14. The lowest BCUT2D eigenvalue weighted by atomic mass is 10.0. The van der Waals surface area contributed by atoms with Gasteiger partial charge in [-0.3, -0.25) is 4.68 Å². The summed E-state index contributed by atoms with van der Waals surface area (Å²) in [6.45, 7) is 7.00. The number of aromatic nitrogens is 2. The van der Waals surface area contributed by atoms with Gasteiger partial charge in [-0.25, -0.2) is 0 Å². The topological polar surface area (TPSA) is 29.9 Å². The monoisotopic (exact) mass is 277 g/mol. The van der Waals surface area contributed by atoms with Gasteiger partial charge in [-0.1, -0.05) is 43.6 Å². The molecule has 1 heterocycles. The number of nitrogens with one attached hydrogen (secondary N) is 1. The largest absolute Gasteiger partial charge is 0.379 e. The fourth-order valence-electron chi connectivity index (χ4n) is 2.21. The summed E-state index contributed by atoms with van der Waals surface area (Å²) in [5.74, 6) is 0.493. The summed E-state index contributed by atoms with van der Waals surface area (Å²) in [6.07, 6.45) is 0. The van der Waals surface area contributed by atoms with E-state index in [1.165, 1.54) is 5.56 Å². The minimum atomic E-state index is 0.493. The van der Waals surface area contributed by atoms with Crippen LogP contribution in [0.5, 0.6) is 0 Å². The molecule has 0 saturated heterocycles. The molecule has 0 saturated carbocycles. The van der Waals surface area contributed by atoms with Gasteiger partial charge in [0.1, 0.15) is 0 Å². The summed E-state index contributed by atoms with van der Waals surface area (Å²) in [4.78, 5) is 0. The summed E-state index contributed by atoms with van der Waals surface area (Å²) in [6, 6.07) is 8.38. The second-order valence-corrected chi connectivity index (χ2v) is 5.44. The van der Waals surface area contributed by atoms with Crippen LogP contribution < -0.4 is 5.32 Å². The van der Waals surface area contributed by atoms with Crippen LogP contribution >= 0.6 is 11.6 Å². The first-order valence-corrected chi connectivity index (χ1v) is 6.89. The molecular weight excluding hydrogens is 258 g/mol. The molecule has 0 aliphatic carbocycles. The van der Waals surface area contributed by atoms with Gasteiger partial charge in [0, 0.05) is 12.7 Å². The highest BCUT2D eigenvalue weighted by Crippen LogP contribution is 2.25. The van der Waals surface area contributed by atoms with Crippen molar-refractivity contribution in [2.45, 2.75) is 33.2 Å². The molecule has 19 heavy (non-hydrogen) atoms. The number of aryl methyl sites for hydroxylation is 2. The van der Waals surface area contributed by atoms with Crippen LogP contribution in [0.3, 0.4) is 0 Å². The smallest absolute Gasteiger partial charge is 0.0865 e. The molecule has 1 aromatic carbocycles. The van der Waals surface area contributed by atoms with E-state index in [1.54, 1.807) is 0 Å². The highest BCUT2D eigenvalue weighted by atomic mass is 35.5. The van der Waals surface area contributed by atoms with Crippen molar-refractivity contribution < 1.29 is 0 Å². The molecule has 2 aromatic rings. The Morgan fingerprint density at radius 1 is 1.32 bits per heavy atom. The zero-order chi connectivity index (χ0) is 14.0. The summed E-state index contributed by atoms with van der Waals surface area (Å²) in [5.41, 5.74) is 4.36. The third kappa shape index (κ3) is 2.92. The zero-order valence-corrected chi connectivity index (χ0v) is 12.6. The molecule has 102 valence electrons. The zero-order valence-electron chi connectivity index (χ0n) is 11.9. The first-order valence-electron chi connectivity index (χ1n) is 6.51. The molecule has 0 atom stereocenters. The molecule has 1 aromatic heterocycles. The minimum absolute atomic E-state index is 0.493. The number of halogens is 1. The van der Waals surface area contributed by atoms with E-state index in [0.717, 1.165) is 22.1 Å². The van der Waals surface area contributed by atoms with Crippen molar-refractivity contribution in [3.8, 4) is 0 Å². The van der Waals surface area contributed by atoms with Crippen LogP contribution in [0.2, 0.25) is 5.02 Å². The van der Waals surface area contributed by atoms with Crippen molar-refractivity contribution in [3.05, 3.63) is 46.2 Å². The number of benzene rings is 1. The van der Waals surface area contributed by atoms with Gasteiger partial charge in [0.15, 0.2) is 0 Å². The number of rotatable bonds is 4. The van der Waals surface area contributed by atoms with Crippen molar-refractivity contribution in [1.29, 1.82) is 0 Å². The van der Waals surface area contributed by atoms with Crippen LogP contribution in [-0.2, 0) is 13.6 Å². The first-order chi connectivity index (χ1) is 9.00. The lowest BCUT2D eigenvalue weighted by molar-refractivity contribution is 0.713. The van der Waals surface area contributed by atoms with Gasteiger partial charge >= 0.3 is 0 Å². The number of nitrogens with zero attached hydrogens (tertiary/aromatic N) is 2. The second kappa shape index (κ2) is 5.66. The SMILES string of the molecule is Cc1nn(C)c(CNc2ccccc2C(C)C)c1Cl. The molecule has 0 aliphatic heterocycles. The van der Waals surface area contributed by atoms with E-state index in [2.05, 4.69) is 42.5 Å². The molecule has 0 spiro atoms. The molecule has 4 heteroatoms. The molecule has 0 aliphatic rings. The van der Waals surface area contributed by atoms with Gasteiger partial charge in [0.25, 0.3) is 0 Å². The minimum Gasteiger partial charge on any atom is -0.379 e. The van der Waals surface area contributed by atoms with E-state index in [-0.39, 0.29) is 0 Å². The van der Waals surface area contributed by atoms with Crippen LogP contribution in [0, 0.1) is 6.92 Å². The molecule has 0 radical (unpaired) electrons. The molecule has 1 N–H and O–H groups in total. The van der Waals surface area contributed by atoms with Crippen LogP contribution in [0.1, 0.15) is 36.7 Å². The maximum atomic E-state index is 6.26. The maximum absolute atomic E-state index is 6.26. The van der Waals surface area contributed by atoms with Crippen LogP contribution in [0.15, 0.2) is 24.3 Å². The highest BCUT2D eigenvalue weighted by molar-refractivity contribution is 6.31. The number of hydrogen-bond donors (Lipinski definition) is 1. The van der Waals surface area contributed by atoms with E-state index in [0.29, 0.717) is 12.5 Å². The van der Waals surface area contributed by atoms with E-state index in [1.807, 2.05) is 24.7 Å². The van der Waals surface area contributed by atoms with E-state index in [9.17, 15) is 0 Å². The molecular formula is C15H20ClN3. The summed E-state index contributed by atoms with van der Waals surface area (Å²) < 4.78 is 1.84. The summed E-state index contributed by atoms with van der Waals surface area (Å²) >= 11 is 6.26. The molecule has 2 rings (SSSR count). The van der Waals surface area contributed by atoms with E-state index < -0.39 is 0 Å². The molecule has 0 bridgehead atoms. The van der Waals surface area contributed by atoms with Crippen molar-refractivity contribution in [3.63, 3.8) is 0 Å². The maximum Gasteiger partial charge on any atom is 0.0865 e. The Morgan fingerprint density at radius 2 is 2.00 bits per heavy atom. The Kier molecular flexibility index (Phi) is 4.15. The fourth-order valence-corrected chi connectivity index (χ4v) is 2.44. The number of para-hydroxylation sites is 1. The van der Waals surface area contributed by atoms with Gasteiger partial charge in [0.05, 0.1) is 23.0 Å². The van der Waals surface area contributed by atoms with Gasteiger partial charge < -0.3 is 5.32 Å². The van der Waals surface area contributed by atoms with Gasteiger partial charge in [-0.05, 0) is 24.5 Å². The van der Waals surface area contributed by atoms with Crippen LogP contribution in [0.25, 0.3) is 0 Å². The van der Waals surface area contributed by atoms with Crippen molar-refractivity contribution in [1.82, 2.24) is 9.78 Å². The molecule has 3 nitrogen and oxygen atoms in total. The Morgan fingerprint density at radius 3 is 2.58 bits per heavy atom. The van der Waals surface area contributed by atoms with Gasteiger partial charge in [-0.15, -0.1) is 0 Å². The Bertz CT molecular complexity index is 573. The average molecular weight is 278 g/mol. The Hall–Kier alpha value is -1.48. The lowest BCUT2D eigenvalue weighted by Crippen LogP contribution is -2.07. The fraction of sp³-hybridized carbons (Fsp3) is 0.400. The Balaban J connectivity index is 2.19. The van der Waals surface area contributed by atoms with Crippen molar-refractivity contribution in [2.75, 3.05) is 5.32 Å². The average Bonchev–Trinajstić information content (AvgIpc) is 2.61. The van der Waals surface area contributed by atoms with E-state index in [4.69, 9.17) is 11.6 Å². The summed E-state index contributed by atoms with van der Waals surface area (Å²) in [5, 5.41) is 8.53. The van der Waals surface area contributed by atoms with Crippen LogP contribution in [0.4, 0.5) is 5.69 Å². The van der Waals surface area contributed by atoms with E-state index >= 15 is 0 Å². The summed E-state index contributed by atoms with van der Waals surface area (Å²) in [7, 11) is 1.92. The van der Waals surface area contributed by atoms with Gasteiger partial charge in [-0.2, -0.15) is 5.10 Å². The van der Waals surface area contributed by atoms with Gasteiger partial charge in [0.2, 0.25) is 0 Å². The first kappa shape index (κ1) is 13.9. The highest BCUT2D eigenvalue weighted by Gasteiger charge is 2.12. The predicted molar refractivity (Wildman–Crippen MR) is 80.8 cm³/mol. The van der Waals surface area contributed by atoms with Crippen LogP contribution in [-0.4, -0.2) is 9.78 Å². The quantitative estimate of drug-likeness (QED) is 0.911. The third-order valence-corrected chi connectivity index (χ3v) is 3.78. The van der Waals surface area contributed by atoms with Crippen molar-refractivity contribution >= 4 is 17.3 Å². The number of hydrogen-bond acceptors (Lipinski definition) is 2. The molecule has 0 fully saturated rings. The predicted octanol–water partition coefficient (Wildman–Crippen LogP) is 4.12. The third-order valence-electron chi connectivity index (χ3n) is 3.29. The van der Waals surface area contributed by atoms with Crippen molar-refractivity contribution in [2.24, 2.45) is 7.05 Å². The Labute approximate surface area is 119 Å².